The SMILES string of the molecule is O=C(COc1ccc([N+](=O)[O-])cc1)N[C@@H](C(=O)O)[C@@H](O)c1cccc([N+](=O)[O-])c1. The second kappa shape index (κ2) is 9.23. The third-order valence-electron chi connectivity index (χ3n) is 3.74. The van der Waals surface area contributed by atoms with Gasteiger partial charge in [0.05, 0.1) is 9.85 Å². The molecular weight excluding hydrogens is 390 g/mol. The van der Waals surface area contributed by atoms with Gasteiger partial charge in [-0.25, -0.2) is 4.79 Å². The summed E-state index contributed by atoms with van der Waals surface area (Å²) in [4.78, 5) is 43.5. The highest BCUT2D eigenvalue weighted by Crippen LogP contribution is 2.22. The highest BCUT2D eigenvalue weighted by Gasteiger charge is 2.30. The third-order valence-corrected chi connectivity index (χ3v) is 3.74. The molecule has 0 saturated heterocycles. The maximum Gasteiger partial charge on any atom is 0.329 e. The summed E-state index contributed by atoms with van der Waals surface area (Å²) in [6, 6.07) is 7.80. The van der Waals surface area contributed by atoms with Crippen molar-refractivity contribution < 1.29 is 34.4 Å². The van der Waals surface area contributed by atoms with E-state index in [2.05, 4.69) is 5.32 Å². The van der Waals surface area contributed by atoms with Gasteiger partial charge in [-0.1, -0.05) is 12.1 Å². The summed E-state index contributed by atoms with van der Waals surface area (Å²) in [5.41, 5.74) is -0.588. The first-order chi connectivity index (χ1) is 13.7. The van der Waals surface area contributed by atoms with Gasteiger partial charge in [0.1, 0.15) is 11.9 Å². The number of aliphatic hydroxyl groups is 1. The predicted octanol–water partition coefficient (Wildman–Crippen LogP) is 1.18. The number of nitrogens with zero attached hydrogens (tertiary/aromatic N) is 2. The van der Waals surface area contributed by atoms with E-state index < -0.39 is 40.5 Å². The van der Waals surface area contributed by atoms with Crippen molar-refractivity contribution in [1.82, 2.24) is 5.32 Å². The summed E-state index contributed by atoms with van der Waals surface area (Å²) in [7, 11) is 0. The standard InChI is InChI=1S/C17H15N3O9/c21-14(9-29-13-6-4-11(5-7-13)19(25)26)18-15(17(23)24)16(22)10-2-1-3-12(8-10)20(27)28/h1-8,15-16,22H,9H2,(H,18,21)(H,23,24)/t15-,16+/m1/s1. The highest BCUT2D eigenvalue weighted by atomic mass is 16.6. The monoisotopic (exact) mass is 405 g/mol. The molecular formula is C17H15N3O9. The number of benzene rings is 2. The number of carbonyl (C=O) groups is 2. The van der Waals surface area contributed by atoms with Crippen LogP contribution in [-0.2, 0) is 9.59 Å². The second-order valence-electron chi connectivity index (χ2n) is 5.72. The summed E-state index contributed by atoms with van der Waals surface area (Å²) in [6.07, 6.45) is -1.75. The Morgan fingerprint density at radius 1 is 1.03 bits per heavy atom. The normalized spacial score (nSPS) is 12.4. The summed E-state index contributed by atoms with van der Waals surface area (Å²) in [5, 5.41) is 43.0. The zero-order valence-electron chi connectivity index (χ0n) is 14.6. The fourth-order valence-corrected chi connectivity index (χ4v) is 2.32. The van der Waals surface area contributed by atoms with Crippen LogP contribution in [0.4, 0.5) is 11.4 Å². The average Bonchev–Trinajstić information content (AvgIpc) is 2.70. The van der Waals surface area contributed by atoms with Crippen molar-refractivity contribution in [2.24, 2.45) is 0 Å². The van der Waals surface area contributed by atoms with Crippen molar-refractivity contribution in [3.05, 3.63) is 74.3 Å². The van der Waals surface area contributed by atoms with Gasteiger partial charge >= 0.3 is 5.97 Å². The molecule has 152 valence electrons. The number of nitrogens with one attached hydrogen (secondary N) is 1. The van der Waals surface area contributed by atoms with Gasteiger partial charge < -0.3 is 20.3 Å². The lowest BCUT2D eigenvalue weighted by molar-refractivity contribution is -0.385. The molecule has 0 spiro atoms. The van der Waals surface area contributed by atoms with Gasteiger partial charge in [-0.15, -0.1) is 0 Å². The zero-order valence-corrected chi connectivity index (χ0v) is 14.6. The van der Waals surface area contributed by atoms with Crippen molar-refractivity contribution >= 4 is 23.3 Å². The third kappa shape index (κ3) is 5.71. The summed E-state index contributed by atoms with van der Waals surface area (Å²) in [6.45, 7) is -0.622. The number of non-ortho nitro benzene ring substituents is 2. The molecule has 0 unspecified atom stereocenters. The van der Waals surface area contributed by atoms with E-state index in [4.69, 9.17) is 4.74 Å². The number of aliphatic hydroxyl groups excluding tert-OH is 1. The van der Waals surface area contributed by atoms with Gasteiger partial charge in [0.25, 0.3) is 17.3 Å². The van der Waals surface area contributed by atoms with Crippen molar-refractivity contribution in [3.63, 3.8) is 0 Å². The first kappa shape index (κ1) is 21.2. The second-order valence-corrected chi connectivity index (χ2v) is 5.72. The predicted molar refractivity (Wildman–Crippen MR) is 96.2 cm³/mol. The quantitative estimate of drug-likeness (QED) is 0.407. The Hall–Kier alpha value is -4.06. The van der Waals surface area contributed by atoms with E-state index in [9.17, 15) is 40.0 Å². The summed E-state index contributed by atoms with van der Waals surface area (Å²) in [5.74, 6) is -2.32. The molecule has 1 amide bonds. The molecule has 2 aromatic carbocycles. The Morgan fingerprint density at radius 3 is 2.21 bits per heavy atom. The number of aliphatic carboxylic acids is 1. The smallest absolute Gasteiger partial charge is 0.329 e. The van der Waals surface area contributed by atoms with Crippen molar-refractivity contribution in [2.75, 3.05) is 6.61 Å². The van der Waals surface area contributed by atoms with Crippen LogP contribution in [0.5, 0.6) is 5.75 Å². The molecule has 0 aromatic heterocycles. The van der Waals surface area contributed by atoms with E-state index in [-0.39, 0.29) is 22.7 Å². The number of amides is 1. The number of ether oxygens (including phenoxy) is 1. The Morgan fingerprint density at radius 2 is 1.66 bits per heavy atom. The van der Waals surface area contributed by atoms with Crippen molar-refractivity contribution in [3.8, 4) is 5.75 Å². The van der Waals surface area contributed by atoms with Crippen LogP contribution < -0.4 is 10.1 Å². The first-order valence-corrected chi connectivity index (χ1v) is 8.01. The van der Waals surface area contributed by atoms with E-state index in [0.29, 0.717) is 0 Å². The maximum absolute atomic E-state index is 12.0. The lowest BCUT2D eigenvalue weighted by Gasteiger charge is -2.20. The number of rotatable bonds is 9. The van der Waals surface area contributed by atoms with E-state index in [0.717, 1.165) is 6.07 Å². The molecule has 2 atom stereocenters. The van der Waals surface area contributed by atoms with E-state index >= 15 is 0 Å². The number of nitro groups is 2. The van der Waals surface area contributed by atoms with Crippen molar-refractivity contribution in [1.29, 1.82) is 0 Å². The lowest BCUT2D eigenvalue weighted by atomic mass is 10.0. The molecule has 29 heavy (non-hydrogen) atoms. The number of carboxylic acids is 1. The Balaban J connectivity index is 2.03. The number of nitro benzene ring substituents is 2. The van der Waals surface area contributed by atoms with Crippen LogP contribution in [-0.4, -0.2) is 44.6 Å². The van der Waals surface area contributed by atoms with Crippen LogP contribution in [0.15, 0.2) is 48.5 Å². The van der Waals surface area contributed by atoms with Crippen LogP contribution in [0.3, 0.4) is 0 Å². The fourth-order valence-electron chi connectivity index (χ4n) is 2.32. The van der Waals surface area contributed by atoms with Gasteiger partial charge in [0.2, 0.25) is 0 Å². The molecule has 12 nitrogen and oxygen atoms in total. The molecule has 0 radical (unpaired) electrons. The van der Waals surface area contributed by atoms with Crippen LogP contribution in [0.1, 0.15) is 11.7 Å². The topological polar surface area (TPSA) is 182 Å². The molecule has 12 heteroatoms. The molecule has 0 heterocycles. The molecule has 2 aromatic rings. The molecule has 0 saturated carbocycles. The lowest BCUT2D eigenvalue weighted by Crippen LogP contribution is -2.46. The van der Waals surface area contributed by atoms with Gasteiger partial charge in [0.15, 0.2) is 12.6 Å². The van der Waals surface area contributed by atoms with Crippen LogP contribution >= 0.6 is 0 Å². The van der Waals surface area contributed by atoms with Crippen LogP contribution in [0.25, 0.3) is 0 Å². The molecule has 0 fully saturated rings. The Bertz CT molecular complexity index is 930. The van der Waals surface area contributed by atoms with Crippen LogP contribution in [0.2, 0.25) is 0 Å². The molecule has 0 bridgehead atoms. The van der Waals surface area contributed by atoms with Crippen LogP contribution in [0, 0.1) is 20.2 Å². The van der Waals surface area contributed by atoms with Gasteiger partial charge in [-0.2, -0.15) is 0 Å². The number of carbonyl (C=O) groups excluding carboxylic acids is 1. The minimum absolute atomic E-state index is 0.0665. The molecule has 2 rings (SSSR count). The number of hydrogen-bond donors (Lipinski definition) is 3. The Labute approximate surface area is 162 Å². The maximum atomic E-state index is 12.0. The summed E-state index contributed by atoms with van der Waals surface area (Å²) >= 11 is 0. The van der Waals surface area contributed by atoms with Crippen molar-refractivity contribution in [2.45, 2.75) is 12.1 Å². The minimum atomic E-state index is -1.79. The van der Waals surface area contributed by atoms with Gasteiger partial charge in [0, 0.05) is 24.3 Å². The number of hydrogen-bond acceptors (Lipinski definition) is 8. The molecule has 0 aliphatic rings. The summed E-state index contributed by atoms with van der Waals surface area (Å²) < 4.78 is 5.12. The molecule has 0 aliphatic carbocycles. The Kier molecular flexibility index (Phi) is 6.76. The zero-order chi connectivity index (χ0) is 21.6. The minimum Gasteiger partial charge on any atom is -0.484 e. The average molecular weight is 405 g/mol. The number of carboxylic acid groups (broad SMARTS) is 1. The van der Waals surface area contributed by atoms with Gasteiger partial charge in [-0.05, 0) is 17.7 Å². The molecule has 3 N–H and O–H groups in total. The highest BCUT2D eigenvalue weighted by molar-refractivity contribution is 5.85. The van der Waals surface area contributed by atoms with Gasteiger partial charge in [-0.3, -0.25) is 25.0 Å². The van der Waals surface area contributed by atoms with E-state index in [1.165, 1.54) is 42.5 Å². The van der Waals surface area contributed by atoms with E-state index in [1.807, 2.05) is 0 Å². The largest absolute Gasteiger partial charge is 0.484 e. The fraction of sp³-hybridized carbons (Fsp3) is 0.176. The first-order valence-electron chi connectivity index (χ1n) is 8.01. The molecule has 0 aliphatic heterocycles. The van der Waals surface area contributed by atoms with E-state index in [1.54, 1.807) is 0 Å².